The van der Waals surface area contributed by atoms with Crippen LogP contribution in [0.4, 0.5) is 18.0 Å². The van der Waals surface area contributed by atoms with E-state index in [0.29, 0.717) is 24.9 Å². The minimum atomic E-state index is -4.50. The molecule has 2 aromatic carbocycles. The number of alkyl halides is 3. The van der Waals surface area contributed by atoms with Crippen LogP contribution in [0.15, 0.2) is 53.4 Å². The number of methoxy groups -OCH3 is 1. The lowest BCUT2D eigenvalue weighted by atomic mass is 10.1. The minimum Gasteiger partial charge on any atom is -0.465 e. The second-order valence-electron chi connectivity index (χ2n) is 9.76. The molecule has 3 rings (SSSR count). The van der Waals surface area contributed by atoms with Gasteiger partial charge in [0.15, 0.2) is 0 Å². The maximum absolute atomic E-state index is 13.7. The summed E-state index contributed by atoms with van der Waals surface area (Å²) in [5, 5.41) is 0. The van der Waals surface area contributed by atoms with E-state index in [1.54, 1.807) is 54.2 Å². The molecular formula is C26H31F3N2O5S. The largest absolute Gasteiger partial charge is 0.465 e. The van der Waals surface area contributed by atoms with Gasteiger partial charge in [-0.3, -0.25) is 0 Å². The van der Waals surface area contributed by atoms with Gasteiger partial charge in [-0.25, -0.2) is 18.1 Å². The number of benzene rings is 2. The van der Waals surface area contributed by atoms with E-state index in [1.807, 2.05) is 0 Å². The molecule has 0 saturated carbocycles. The maximum Gasteiger partial charge on any atom is 0.416 e. The van der Waals surface area contributed by atoms with Crippen LogP contribution in [0.25, 0.3) is 0 Å². The summed E-state index contributed by atoms with van der Waals surface area (Å²) >= 11 is 0. The number of hydrogen-bond acceptors (Lipinski definition) is 5. The second kappa shape index (κ2) is 11.6. The van der Waals surface area contributed by atoms with E-state index in [0.717, 1.165) is 17.7 Å². The van der Waals surface area contributed by atoms with Crippen molar-refractivity contribution >= 4 is 23.0 Å². The zero-order chi connectivity index (χ0) is 27.4. The predicted molar refractivity (Wildman–Crippen MR) is 132 cm³/mol. The molecule has 1 amide bonds. The molecule has 1 aliphatic rings. The number of carbonyl (C=O) groups excluding carboxylic acids is 2. The van der Waals surface area contributed by atoms with E-state index in [9.17, 15) is 27.0 Å². The summed E-state index contributed by atoms with van der Waals surface area (Å²) in [4.78, 5) is 26.3. The zero-order valence-electron chi connectivity index (χ0n) is 21.2. The lowest BCUT2D eigenvalue weighted by Gasteiger charge is -2.39. The Balaban J connectivity index is 1.88. The summed E-state index contributed by atoms with van der Waals surface area (Å²) in [5.41, 5.74) is -0.404. The van der Waals surface area contributed by atoms with Crippen molar-refractivity contribution in [1.82, 2.24) is 9.21 Å². The third-order valence-corrected chi connectivity index (χ3v) is 7.29. The molecule has 1 fully saturated rings. The number of ether oxygens (including phenoxy) is 2. The highest BCUT2D eigenvalue weighted by Crippen LogP contribution is 2.31. The summed E-state index contributed by atoms with van der Waals surface area (Å²) in [7, 11) is -0.539. The van der Waals surface area contributed by atoms with E-state index in [2.05, 4.69) is 0 Å². The van der Waals surface area contributed by atoms with Crippen LogP contribution in [-0.2, 0) is 33.2 Å². The van der Waals surface area contributed by atoms with Crippen molar-refractivity contribution in [2.24, 2.45) is 0 Å². The van der Waals surface area contributed by atoms with Gasteiger partial charge in [0.2, 0.25) is 0 Å². The number of piperidine rings is 1. The average molecular weight is 541 g/mol. The van der Waals surface area contributed by atoms with Crippen molar-refractivity contribution in [2.75, 3.05) is 20.2 Å². The van der Waals surface area contributed by atoms with Crippen LogP contribution in [0.3, 0.4) is 0 Å². The molecular weight excluding hydrogens is 509 g/mol. The maximum atomic E-state index is 13.7. The molecule has 1 saturated heterocycles. The van der Waals surface area contributed by atoms with Crippen LogP contribution in [-0.4, -0.2) is 57.3 Å². The Morgan fingerprint density at radius 1 is 1.05 bits per heavy atom. The van der Waals surface area contributed by atoms with Gasteiger partial charge >= 0.3 is 18.2 Å². The minimum absolute atomic E-state index is 0.182. The summed E-state index contributed by atoms with van der Waals surface area (Å²) in [6, 6.07) is 10.5. The first-order valence-electron chi connectivity index (χ1n) is 11.8. The summed E-state index contributed by atoms with van der Waals surface area (Å²) in [5.74, 6) is -0.489. The van der Waals surface area contributed by atoms with Gasteiger partial charge in [0.1, 0.15) is 16.6 Å². The third-order valence-electron chi connectivity index (χ3n) is 5.77. The highest BCUT2D eigenvalue weighted by molar-refractivity contribution is 7.82. The van der Waals surface area contributed by atoms with Crippen LogP contribution in [0.5, 0.6) is 0 Å². The molecule has 37 heavy (non-hydrogen) atoms. The van der Waals surface area contributed by atoms with Crippen LogP contribution >= 0.6 is 0 Å². The fraction of sp³-hybridized carbons (Fsp3) is 0.462. The van der Waals surface area contributed by atoms with E-state index in [1.165, 1.54) is 19.2 Å². The van der Waals surface area contributed by atoms with Crippen LogP contribution in [0.2, 0.25) is 0 Å². The highest BCUT2D eigenvalue weighted by Gasteiger charge is 2.34. The molecule has 0 aliphatic carbocycles. The molecule has 2 unspecified atom stereocenters. The molecule has 0 aromatic heterocycles. The summed E-state index contributed by atoms with van der Waals surface area (Å²) in [6.45, 7) is 6.24. The van der Waals surface area contributed by atoms with Crippen LogP contribution in [0.1, 0.15) is 55.1 Å². The fourth-order valence-corrected chi connectivity index (χ4v) is 5.29. The standard InChI is InChI=1S/C26H31F3N2O5S/c1-25(2,3)36-24(33)30-15-5-6-21(17-30)31(16-18-7-9-19(10-8-18)23(32)35-4)37(34)22-13-11-20(12-14-22)26(27,28)29/h7-14,21H,5-6,15-17H2,1-4H3. The number of amides is 1. The second-order valence-corrected chi connectivity index (χ2v) is 11.2. The number of rotatable bonds is 6. The molecule has 1 heterocycles. The van der Waals surface area contributed by atoms with Crippen molar-refractivity contribution in [3.63, 3.8) is 0 Å². The van der Waals surface area contributed by atoms with Gasteiger partial charge in [-0.2, -0.15) is 13.2 Å². The third kappa shape index (κ3) is 7.78. The molecule has 0 radical (unpaired) electrons. The predicted octanol–water partition coefficient (Wildman–Crippen LogP) is 5.42. The van der Waals surface area contributed by atoms with Crippen molar-refractivity contribution in [3.8, 4) is 0 Å². The smallest absolute Gasteiger partial charge is 0.416 e. The Morgan fingerprint density at radius 2 is 1.68 bits per heavy atom. The highest BCUT2D eigenvalue weighted by atomic mass is 32.2. The van der Waals surface area contributed by atoms with Crippen molar-refractivity contribution in [1.29, 1.82) is 0 Å². The Hall–Kier alpha value is -2.92. The van der Waals surface area contributed by atoms with Crippen LogP contribution < -0.4 is 0 Å². The fourth-order valence-electron chi connectivity index (χ4n) is 3.94. The Morgan fingerprint density at radius 3 is 2.22 bits per heavy atom. The van der Waals surface area contributed by atoms with E-state index >= 15 is 0 Å². The number of halogens is 3. The average Bonchev–Trinajstić information content (AvgIpc) is 2.85. The van der Waals surface area contributed by atoms with Gasteiger partial charge in [0, 0.05) is 25.7 Å². The van der Waals surface area contributed by atoms with Crippen molar-refractivity contribution < 1.29 is 36.4 Å². The molecule has 202 valence electrons. The van der Waals surface area contributed by atoms with Gasteiger partial charge in [0.25, 0.3) is 0 Å². The SMILES string of the molecule is COC(=O)c1ccc(CN(C2CCCN(C(=O)OC(C)(C)C)C2)S(=O)c2ccc(C(F)(F)F)cc2)cc1. The molecule has 11 heteroatoms. The molecule has 0 bridgehead atoms. The summed E-state index contributed by atoms with van der Waals surface area (Å²) < 4.78 is 64.7. The lowest BCUT2D eigenvalue weighted by molar-refractivity contribution is -0.137. The monoisotopic (exact) mass is 540 g/mol. The first-order valence-corrected chi connectivity index (χ1v) is 12.9. The quantitative estimate of drug-likeness (QED) is 0.458. The zero-order valence-corrected chi connectivity index (χ0v) is 22.0. The first kappa shape index (κ1) is 28.6. The van der Waals surface area contributed by atoms with Gasteiger partial charge in [0.05, 0.1) is 23.1 Å². The molecule has 7 nitrogen and oxygen atoms in total. The van der Waals surface area contributed by atoms with E-state index < -0.39 is 40.4 Å². The van der Waals surface area contributed by atoms with Gasteiger partial charge in [-0.05, 0) is 75.6 Å². The molecule has 0 N–H and O–H groups in total. The van der Waals surface area contributed by atoms with E-state index in [4.69, 9.17) is 9.47 Å². The Kier molecular flexibility index (Phi) is 9.01. The first-order chi connectivity index (χ1) is 17.3. The topological polar surface area (TPSA) is 76.2 Å². The number of carbonyl (C=O) groups is 2. The Bertz CT molecular complexity index is 1120. The van der Waals surface area contributed by atoms with E-state index in [-0.39, 0.29) is 24.0 Å². The lowest BCUT2D eigenvalue weighted by Crippen LogP contribution is -2.51. The number of hydrogen-bond donors (Lipinski definition) is 0. The Labute approximate surface area is 217 Å². The number of esters is 1. The summed E-state index contributed by atoms with van der Waals surface area (Å²) in [6.07, 6.45) is -3.70. The van der Waals surface area contributed by atoms with Crippen molar-refractivity contribution in [2.45, 2.75) is 62.9 Å². The van der Waals surface area contributed by atoms with Crippen LogP contribution in [0, 0.1) is 0 Å². The molecule has 2 aromatic rings. The molecule has 1 aliphatic heterocycles. The molecule has 0 spiro atoms. The van der Waals surface area contributed by atoms with Gasteiger partial charge in [-0.1, -0.05) is 12.1 Å². The molecule has 2 atom stereocenters. The normalized spacial score (nSPS) is 17.4. The number of nitrogens with zero attached hydrogens (tertiary/aromatic N) is 2. The number of likely N-dealkylation sites (tertiary alicyclic amines) is 1. The van der Waals surface area contributed by atoms with Crippen molar-refractivity contribution in [3.05, 3.63) is 65.2 Å². The van der Waals surface area contributed by atoms with Gasteiger partial charge < -0.3 is 14.4 Å². The van der Waals surface area contributed by atoms with Gasteiger partial charge in [-0.15, -0.1) is 0 Å².